The van der Waals surface area contributed by atoms with Crippen molar-refractivity contribution in [2.24, 2.45) is 0 Å². The van der Waals surface area contributed by atoms with Crippen molar-refractivity contribution in [2.45, 2.75) is 13.5 Å². The maximum atomic E-state index is 11.2. The molecule has 0 unspecified atom stereocenters. The first-order valence-electron chi connectivity index (χ1n) is 5.81. The van der Waals surface area contributed by atoms with Crippen molar-refractivity contribution >= 4 is 11.6 Å². The number of hydrogen-bond acceptors (Lipinski definition) is 4. The predicted molar refractivity (Wildman–Crippen MR) is 66.8 cm³/mol. The molecule has 1 N–H and O–H groups in total. The van der Waals surface area contributed by atoms with Crippen LogP contribution in [0.3, 0.4) is 0 Å². The first kappa shape index (κ1) is 11.4. The Balaban J connectivity index is 2.21. The SMILES string of the molecule is CCn1ccc(-c2cc(C(=O)O)n3nccc3n2)n1. The molecular formula is C12H11N5O2. The fourth-order valence-corrected chi connectivity index (χ4v) is 1.87. The minimum absolute atomic E-state index is 0.0658. The van der Waals surface area contributed by atoms with Gasteiger partial charge in [0.05, 0.1) is 11.9 Å². The Morgan fingerprint density at radius 1 is 1.37 bits per heavy atom. The third kappa shape index (κ3) is 1.85. The third-order valence-corrected chi connectivity index (χ3v) is 2.81. The van der Waals surface area contributed by atoms with Gasteiger partial charge < -0.3 is 5.11 Å². The highest BCUT2D eigenvalue weighted by atomic mass is 16.4. The molecule has 0 aliphatic rings. The van der Waals surface area contributed by atoms with Crippen LogP contribution in [0, 0.1) is 0 Å². The number of aromatic nitrogens is 5. The number of rotatable bonds is 3. The Morgan fingerprint density at radius 2 is 2.21 bits per heavy atom. The second-order valence-electron chi connectivity index (χ2n) is 3.99. The van der Waals surface area contributed by atoms with Gasteiger partial charge in [0.25, 0.3) is 0 Å². The van der Waals surface area contributed by atoms with Gasteiger partial charge in [0.2, 0.25) is 0 Å². The van der Waals surface area contributed by atoms with Crippen molar-refractivity contribution in [1.82, 2.24) is 24.4 Å². The van der Waals surface area contributed by atoms with Crippen LogP contribution < -0.4 is 0 Å². The van der Waals surface area contributed by atoms with Gasteiger partial charge >= 0.3 is 5.97 Å². The van der Waals surface area contributed by atoms with Crippen LogP contribution in [-0.4, -0.2) is 35.5 Å². The lowest BCUT2D eigenvalue weighted by Crippen LogP contribution is -2.08. The largest absolute Gasteiger partial charge is 0.477 e. The van der Waals surface area contributed by atoms with Crippen LogP contribution in [0.1, 0.15) is 17.4 Å². The molecule has 0 bridgehead atoms. The Morgan fingerprint density at radius 3 is 2.89 bits per heavy atom. The second-order valence-corrected chi connectivity index (χ2v) is 3.99. The van der Waals surface area contributed by atoms with Crippen LogP contribution in [0.25, 0.3) is 17.0 Å². The lowest BCUT2D eigenvalue weighted by Gasteiger charge is -2.02. The number of carboxylic acid groups (broad SMARTS) is 1. The highest BCUT2D eigenvalue weighted by molar-refractivity contribution is 5.87. The maximum Gasteiger partial charge on any atom is 0.354 e. The summed E-state index contributed by atoms with van der Waals surface area (Å²) >= 11 is 0. The fraction of sp³-hybridized carbons (Fsp3) is 0.167. The number of hydrogen-bond donors (Lipinski definition) is 1. The normalized spacial score (nSPS) is 11.0. The zero-order valence-electron chi connectivity index (χ0n) is 10.2. The topological polar surface area (TPSA) is 85.3 Å². The summed E-state index contributed by atoms with van der Waals surface area (Å²) in [5.41, 5.74) is 1.72. The number of fused-ring (bicyclic) bond motifs is 1. The lowest BCUT2D eigenvalue weighted by atomic mass is 10.2. The summed E-state index contributed by atoms with van der Waals surface area (Å²) < 4.78 is 3.06. The number of carbonyl (C=O) groups is 1. The van der Waals surface area contributed by atoms with Crippen LogP contribution in [-0.2, 0) is 6.54 Å². The van der Waals surface area contributed by atoms with Crippen molar-refractivity contribution < 1.29 is 9.90 Å². The zero-order chi connectivity index (χ0) is 13.4. The molecule has 0 fully saturated rings. The van der Waals surface area contributed by atoms with Gasteiger partial charge in [-0.1, -0.05) is 0 Å². The average molecular weight is 257 g/mol. The number of aryl methyl sites for hydroxylation is 1. The van der Waals surface area contributed by atoms with Crippen LogP contribution >= 0.6 is 0 Å². The fourth-order valence-electron chi connectivity index (χ4n) is 1.87. The van der Waals surface area contributed by atoms with Gasteiger partial charge in [-0.15, -0.1) is 0 Å². The van der Waals surface area contributed by atoms with Gasteiger partial charge in [0, 0.05) is 18.8 Å². The van der Waals surface area contributed by atoms with E-state index < -0.39 is 5.97 Å². The quantitative estimate of drug-likeness (QED) is 0.764. The summed E-state index contributed by atoms with van der Waals surface area (Å²) in [6.07, 6.45) is 3.35. The Hall–Kier alpha value is -2.70. The van der Waals surface area contributed by atoms with Crippen LogP contribution in [0.5, 0.6) is 0 Å². The molecule has 0 atom stereocenters. The molecule has 0 aromatic carbocycles. The molecule has 0 spiro atoms. The van der Waals surface area contributed by atoms with E-state index in [2.05, 4.69) is 15.2 Å². The van der Waals surface area contributed by atoms with E-state index in [0.717, 1.165) is 6.54 Å². The highest BCUT2D eigenvalue weighted by Gasteiger charge is 2.14. The average Bonchev–Trinajstić information content (AvgIpc) is 3.05. The minimum Gasteiger partial charge on any atom is -0.477 e. The summed E-state index contributed by atoms with van der Waals surface area (Å²) in [5.74, 6) is -1.05. The molecule has 0 radical (unpaired) electrons. The van der Waals surface area contributed by atoms with Crippen molar-refractivity contribution in [3.05, 3.63) is 36.3 Å². The van der Waals surface area contributed by atoms with Gasteiger partial charge in [-0.05, 0) is 19.1 Å². The van der Waals surface area contributed by atoms with E-state index in [1.54, 1.807) is 10.7 Å². The molecule has 96 valence electrons. The molecule has 0 amide bonds. The van der Waals surface area contributed by atoms with E-state index in [4.69, 9.17) is 0 Å². The van der Waals surface area contributed by atoms with E-state index in [1.165, 1.54) is 16.8 Å². The molecule has 7 heteroatoms. The van der Waals surface area contributed by atoms with Gasteiger partial charge in [-0.3, -0.25) is 4.68 Å². The summed E-state index contributed by atoms with van der Waals surface area (Å²) in [7, 11) is 0. The Labute approximate surface area is 108 Å². The standard InChI is InChI=1S/C12H11N5O2/c1-2-16-6-4-8(15-16)9-7-10(12(18)19)17-11(14-9)3-5-13-17/h3-7H,2H2,1H3,(H,18,19). The van der Waals surface area contributed by atoms with E-state index in [-0.39, 0.29) is 5.69 Å². The molecule has 3 rings (SSSR count). The molecule has 3 aromatic heterocycles. The van der Waals surface area contributed by atoms with Gasteiger partial charge in [-0.25, -0.2) is 14.3 Å². The van der Waals surface area contributed by atoms with Gasteiger partial charge in [0.15, 0.2) is 11.3 Å². The maximum absolute atomic E-state index is 11.2. The van der Waals surface area contributed by atoms with E-state index in [0.29, 0.717) is 17.0 Å². The minimum atomic E-state index is -1.05. The number of aromatic carboxylic acids is 1. The molecule has 3 aromatic rings. The summed E-state index contributed by atoms with van der Waals surface area (Å²) in [6, 6.07) is 4.95. The van der Waals surface area contributed by atoms with Gasteiger partial charge in [0.1, 0.15) is 5.69 Å². The molecule has 0 saturated heterocycles. The van der Waals surface area contributed by atoms with Crippen LogP contribution in [0.4, 0.5) is 0 Å². The second kappa shape index (κ2) is 4.20. The first-order chi connectivity index (χ1) is 9.19. The Kier molecular flexibility index (Phi) is 2.52. The van der Waals surface area contributed by atoms with Crippen LogP contribution in [0.2, 0.25) is 0 Å². The molecule has 3 heterocycles. The van der Waals surface area contributed by atoms with E-state index in [9.17, 15) is 9.90 Å². The lowest BCUT2D eigenvalue weighted by molar-refractivity contribution is 0.0687. The van der Waals surface area contributed by atoms with Crippen molar-refractivity contribution in [3.8, 4) is 11.4 Å². The smallest absolute Gasteiger partial charge is 0.354 e. The van der Waals surface area contributed by atoms with E-state index in [1.807, 2.05) is 19.2 Å². The van der Waals surface area contributed by atoms with Crippen LogP contribution in [0.15, 0.2) is 30.6 Å². The monoisotopic (exact) mass is 257 g/mol. The molecule has 0 saturated carbocycles. The number of nitrogens with zero attached hydrogens (tertiary/aromatic N) is 5. The molecule has 19 heavy (non-hydrogen) atoms. The zero-order valence-corrected chi connectivity index (χ0v) is 10.2. The van der Waals surface area contributed by atoms with Crippen molar-refractivity contribution in [3.63, 3.8) is 0 Å². The molecule has 0 aliphatic carbocycles. The van der Waals surface area contributed by atoms with Crippen molar-refractivity contribution in [1.29, 1.82) is 0 Å². The number of carboxylic acids is 1. The predicted octanol–water partition coefficient (Wildman–Crippen LogP) is 1.31. The third-order valence-electron chi connectivity index (χ3n) is 2.81. The van der Waals surface area contributed by atoms with E-state index >= 15 is 0 Å². The Bertz CT molecular complexity index is 758. The summed E-state index contributed by atoms with van der Waals surface area (Å²) in [5, 5.41) is 17.5. The first-order valence-corrected chi connectivity index (χ1v) is 5.81. The highest BCUT2D eigenvalue weighted by Crippen LogP contribution is 2.17. The van der Waals surface area contributed by atoms with Gasteiger partial charge in [-0.2, -0.15) is 10.2 Å². The molecule has 0 aliphatic heterocycles. The van der Waals surface area contributed by atoms with Crippen molar-refractivity contribution in [2.75, 3.05) is 0 Å². The molecule has 7 nitrogen and oxygen atoms in total. The summed E-state index contributed by atoms with van der Waals surface area (Å²) in [4.78, 5) is 15.6. The molecular weight excluding hydrogens is 246 g/mol. The summed E-state index contributed by atoms with van der Waals surface area (Å²) in [6.45, 7) is 2.73.